The third-order valence-electron chi connectivity index (χ3n) is 6.55. The fourth-order valence-corrected chi connectivity index (χ4v) is 4.75. The van der Waals surface area contributed by atoms with Crippen molar-refractivity contribution in [3.05, 3.63) is 95.1 Å². The standard InChI is InChI=1S/C29H29FN4O2/c30-14-15-31-28(35)22-10-13-24-25(18-22)33-29(36)26(24)27(21-6-2-1-3-7-21)32-23-11-8-20(9-12-23)19-34-16-4-5-17-34/h1-3,6-13,18,32H,4-5,14-17,19H2,(H,31,35)(H,33,36)/b27-26-. The molecule has 2 heterocycles. The third kappa shape index (κ3) is 5.16. The second-order valence-corrected chi connectivity index (χ2v) is 9.08. The van der Waals surface area contributed by atoms with Gasteiger partial charge in [-0.15, -0.1) is 0 Å². The van der Waals surface area contributed by atoms with Gasteiger partial charge in [-0.25, -0.2) is 4.39 Å². The number of fused-ring (bicyclic) bond motifs is 1. The van der Waals surface area contributed by atoms with Crippen molar-refractivity contribution in [2.45, 2.75) is 19.4 Å². The number of anilines is 2. The van der Waals surface area contributed by atoms with E-state index in [4.69, 9.17) is 0 Å². The van der Waals surface area contributed by atoms with Crippen molar-refractivity contribution < 1.29 is 14.0 Å². The molecule has 1 fully saturated rings. The van der Waals surface area contributed by atoms with Crippen LogP contribution in [0.5, 0.6) is 0 Å². The van der Waals surface area contributed by atoms with Crippen molar-refractivity contribution in [3.63, 3.8) is 0 Å². The third-order valence-corrected chi connectivity index (χ3v) is 6.55. The van der Waals surface area contributed by atoms with Gasteiger partial charge in [0.25, 0.3) is 11.8 Å². The first-order valence-electron chi connectivity index (χ1n) is 12.3. The number of rotatable bonds is 8. The number of likely N-dealkylation sites (tertiary alicyclic amines) is 1. The number of nitrogens with one attached hydrogen (secondary N) is 3. The summed E-state index contributed by atoms with van der Waals surface area (Å²) in [5.74, 6) is -0.624. The summed E-state index contributed by atoms with van der Waals surface area (Å²) in [7, 11) is 0. The zero-order valence-corrected chi connectivity index (χ0v) is 20.0. The minimum atomic E-state index is -0.633. The van der Waals surface area contributed by atoms with Crippen molar-refractivity contribution in [3.8, 4) is 0 Å². The largest absolute Gasteiger partial charge is 0.354 e. The minimum absolute atomic E-state index is 0.0493. The molecule has 1 saturated heterocycles. The molecule has 6 nitrogen and oxygen atoms in total. The summed E-state index contributed by atoms with van der Waals surface area (Å²) in [6.07, 6.45) is 2.53. The van der Waals surface area contributed by atoms with Gasteiger partial charge < -0.3 is 16.0 Å². The van der Waals surface area contributed by atoms with Gasteiger partial charge in [0.05, 0.1) is 11.3 Å². The van der Waals surface area contributed by atoms with E-state index in [-0.39, 0.29) is 18.4 Å². The lowest BCUT2D eigenvalue weighted by atomic mass is 9.98. The summed E-state index contributed by atoms with van der Waals surface area (Å²) < 4.78 is 12.4. The molecule has 5 rings (SSSR count). The van der Waals surface area contributed by atoms with E-state index in [1.807, 2.05) is 42.5 Å². The van der Waals surface area contributed by atoms with Crippen LogP contribution in [-0.4, -0.2) is 43.0 Å². The van der Waals surface area contributed by atoms with Crippen LogP contribution in [0.4, 0.5) is 15.8 Å². The summed E-state index contributed by atoms with van der Waals surface area (Å²) in [6, 6.07) is 23.1. The van der Waals surface area contributed by atoms with E-state index < -0.39 is 6.67 Å². The van der Waals surface area contributed by atoms with Gasteiger partial charge in [-0.05, 0) is 61.3 Å². The minimum Gasteiger partial charge on any atom is -0.354 e. The average molecular weight is 485 g/mol. The van der Waals surface area contributed by atoms with Crippen LogP contribution in [0.2, 0.25) is 0 Å². The number of hydrogen-bond donors (Lipinski definition) is 3. The molecule has 184 valence electrons. The molecule has 2 aliphatic heterocycles. The summed E-state index contributed by atoms with van der Waals surface area (Å²) >= 11 is 0. The fraction of sp³-hybridized carbons (Fsp3) is 0.241. The highest BCUT2D eigenvalue weighted by atomic mass is 19.1. The highest BCUT2D eigenvalue weighted by molar-refractivity contribution is 6.37. The highest BCUT2D eigenvalue weighted by Crippen LogP contribution is 2.38. The fourth-order valence-electron chi connectivity index (χ4n) is 4.75. The summed E-state index contributed by atoms with van der Waals surface area (Å²) in [5.41, 5.74) is 5.85. The van der Waals surface area contributed by atoms with Crippen LogP contribution < -0.4 is 16.0 Å². The molecule has 0 spiro atoms. The number of hydrogen-bond acceptors (Lipinski definition) is 4. The molecule has 2 aliphatic rings. The van der Waals surface area contributed by atoms with Gasteiger partial charge in [-0.2, -0.15) is 0 Å². The molecule has 0 unspecified atom stereocenters. The molecular weight excluding hydrogens is 455 g/mol. The summed E-state index contributed by atoms with van der Waals surface area (Å²) in [5, 5.41) is 8.88. The van der Waals surface area contributed by atoms with Crippen molar-refractivity contribution in [2.75, 3.05) is 36.9 Å². The molecule has 3 N–H and O–H groups in total. The number of benzene rings is 3. The van der Waals surface area contributed by atoms with E-state index in [1.54, 1.807) is 18.2 Å². The van der Waals surface area contributed by atoms with E-state index >= 15 is 0 Å². The molecule has 3 aromatic carbocycles. The van der Waals surface area contributed by atoms with Gasteiger partial charge >= 0.3 is 0 Å². The van der Waals surface area contributed by atoms with Crippen molar-refractivity contribution in [2.24, 2.45) is 0 Å². The van der Waals surface area contributed by atoms with E-state index in [2.05, 4.69) is 33.0 Å². The number of nitrogens with zero attached hydrogens (tertiary/aromatic N) is 1. The Kier molecular flexibility index (Phi) is 7.09. The maximum atomic E-state index is 13.2. The molecule has 0 atom stereocenters. The van der Waals surface area contributed by atoms with Crippen molar-refractivity contribution >= 4 is 34.5 Å². The molecule has 0 aliphatic carbocycles. The first-order chi connectivity index (χ1) is 17.6. The van der Waals surface area contributed by atoms with Gasteiger partial charge in [0.2, 0.25) is 0 Å². The quantitative estimate of drug-likeness (QED) is 0.397. The molecule has 0 bridgehead atoms. The molecule has 0 aromatic heterocycles. The van der Waals surface area contributed by atoms with Gasteiger partial charge in [0.1, 0.15) is 6.67 Å². The topological polar surface area (TPSA) is 73.5 Å². The molecule has 36 heavy (non-hydrogen) atoms. The summed E-state index contributed by atoms with van der Waals surface area (Å²) in [6.45, 7) is 2.57. The monoisotopic (exact) mass is 484 g/mol. The number of alkyl halides is 1. The smallest absolute Gasteiger partial charge is 0.258 e. The van der Waals surface area contributed by atoms with Gasteiger partial charge in [0.15, 0.2) is 0 Å². The molecule has 7 heteroatoms. The predicted molar refractivity (Wildman–Crippen MR) is 141 cm³/mol. The van der Waals surface area contributed by atoms with Crippen LogP contribution in [0.1, 0.15) is 39.9 Å². The molecule has 0 radical (unpaired) electrons. The van der Waals surface area contributed by atoms with Gasteiger partial charge in [0, 0.05) is 35.6 Å². The SMILES string of the molecule is O=C1Nc2cc(C(=O)NCCF)ccc2/C1=C(/Nc1ccc(CN2CCCC2)cc1)c1ccccc1. The zero-order valence-electron chi connectivity index (χ0n) is 20.0. The van der Waals surface area contributed by atoms with E-state index in [9.17, 15) is 14.0 Å². The number of carbonyl (C=O) groups excluding carboxylic acids is 2. The second kappa shape index (κ2) is 10.7. The Labute approximate surface area is 210 Å². The van der Waals surface area contributed by atoms with Crippen LogP contribution in [0, 0.1) is 0 Å². The maximum Gasteiger partial charge on any atom is 0.258 e. The lowest BCUT2D eigenvalue weighted by Gasteiger charge is -2.17. The Morgan fingerprint density at radius 2 is 1.69 bits per heavy atom. The Morgan fingerprint density at radius 1 is 0.944 bits per heavy atom. The normalized spacial score (nSPS) is 16.4. The lowest BCUT2D eigenvalue weighted by molar-refractivity contribution is -0.110. The lowest BCUT2D eigenvalue weighted by Crippen LogP contribution is -2.25. The summed E-state index contributed by atoms with van der Waals surface area (Å²) in [4.78, 5) is 27.9. The molecular formula is C29H29FN4O2. The van der Waals surface area contributed by atoms with Gasteiger partial charge in [-0.3, -0.25) is 14.5 Å². The molecule has 2 amide bonds. The van der Waals surface area contributed by atoms with Crippen LogP contribution in [-0.2, 0) is 11.3 Å². The Morgan fingerprint density at radius 3 is 2.42 bits per heavy atom. The first kappa shape index (κ1) is 23.8. The van der Waals surface area contributed by atoms with Crippen LogP contribution in [0.3, 0.4) is 0 Å². The average Bonchev–Trinajstić information content (AvgIpc) is 3.53. The maximum absolute atomic E-state index is 13.2. The van der Waals surface area contributed by atoms with Crippen LogP contribution >= 0.6 is 0 Å². The number of halogens is 1. The van der Waals surface area contributed by atoms with Crippen molar-refractivity contribution in [1.82, 2.24) is 10.2 Å². The Balaban J connectivity index is 1.47. The van der Waals surface area contributed by atoms with E-state index in [0.717, 1.165) is 30.9 Å². The second-order valence-electron chi connectivity index (χ2n) is 9.08. The predicted octanol–water partition coefficient (Wildman–Crippen LogP) is 4.91. The van der Waals surface area contributed by atoms with E-state index in [1.165, 1.54) is 18.4 Å². The van der Waals surface area contributed by atoms with Gasteiger partial charge in [-0.1, -0.05) is 48.5 Å². The number of amides is 2. The first-order valence-corrected chi connectivity index (χ1v) is 12.3. The number of carbonyl (C=O) groups is 2. The highest BCUT2D eigenvalue weighted by Gasteiger charge is 2.29. The molecule has 0 saturated carbocycles. The van der Waals surface area contributed by atoms with Crippen LogP contribution in [0.15, 0.2) is 72.8 Å². The Bertz CT molecular complexity index is 1280. The van der Waals surface area contributed by atoms with Crippen molar-refractivity contribution in [1.29, 1.82) is 0 Å². The Hall–Kier alpha value is -3.97. The molecule has 3 aromatic rings. The van der Waals surface area contributed by atoms with E-state index in [0.29, 0.717) is 28.1 Å². The van der Waals surface area contributed by atoms with Crippen LogP contribution in [0.25, 0.3) is 11.3 Å². The zero-order chi connectivity index (χ0) is 24.9.